The number of rotatable bonds is 12. The van der Waals surface area contributed by atoms with E-state index in [1.54, 1.807) is 21.0 Å². The van der Waals surface area contributed by atoms with Crippen molar-refractivity contribution in [3.05, 3.63) is 35.1 Å². The summed E-state index contributed by atoms with van der Waals surface area (Å²) in [5, 5.41) is 22.0. The van der Waals surface area contributed by atoms with Crippen LogP contribution in [0.25, 0.3) is 0 Å². The normalized spacial score (nSPS) is 25.7. The molecule has 3 aliphatic heterocycles. The molecule has 1 aliphatic carbocycles. The lowest BCUT2D eigenvalue weighted by atomic mass is 9.77. The molecular weight excluding hydrogens is 556 g/mol. The van der Waals surface area contributed by atoms with E-state index in [0.29, 0.717) is 36.6 Å². The Morgan fingerprint density at radius 3 is 2.58 bits per heavy atom. The predicted octanol–water partition coefficient (Wildman–Crippen LogP) is 2.51. The van der Waals surface area contributed by atoms with Crippen molar-refractivity contribution in [3.8, 4) is 11.5 Å². The number of hydrogen-bond acceptors (Lipinski definition) is 11. The number of ether oxygens (including phenoxy) is 5. The van der Waals surface area contributed by atoms with Gasteiger partial charge < -0.3 is 38.8 Å². The molecule has 5 rings (SSSR count). The summed E-state index contributed by atoms with van der Waals surface area (Å²) in [7, 11) is 5.28. The van der Waals surface area contributed by atoms with Crippen molar-refractivity contribution >= 4 is 11.9 Å². The summed E-state index contributed by atoms with van der Waals surface area (Å²) in [6.45, 7) is 5.86. The number of carbonyl (C=O) groups excluding carboxylic acids is 2. The van der Waals surface area contributed by atoms with E-state index < -0.39 is 41.2 Å². The number of hydrogen-bond donors (Lipinski definition) is 2. The number of aliphatic hydroxyl groups is 2. The minimum absolute atomic E-state index is 0.0748. The predicted molar refractivity (Wildman–Crippen MR) is 157 cm³/mol. The van der Waals surface area contributed by atoms with E-state index in [0.717, 1.165) is 43.5 Å². The Kier molecular flexibility index (Phi) is 9.00. The van der Waals surface area contributed by atoms with Crippen LogP contribution in [0.2, 0.25) is 0 Å². The maximum Gasteiger partial charge on any atom is 0.339 e. The maximum atomic E-state index is 14.0. The lowest BCUT2D eigenvalue weighted by Gasteiger charge is -2.39. The molecule has 1 spiro atoms. The van der Waals surface area contributed by atoms with Crippen molar-refractivity contribution < 1.29 is 43.5 Å². The second-order valence-electron chi connectivity index (χ2n) is 13.2. The fourth-order valence-corrected chi connectivity index (χ4v) is 7.03. The first-order chi connectivity index (χ1) is 20.3. The lowest BCUT2D eigenvalue weighted by molar-refractivity contribution is -0.179. The van der Waals surface area contributed by atoms with E-state index >= 15 is 0 Å². The Balaban J connectivity index is 1.45. The SMILES string of the molecule is COC1=C[C@]23CCCN2CCc2cc4c(cc2[C@@H]3C1OC(=O)[C@@](O)(CCCC(C)(C)O)CC(=O)OCCN(C)C)OCO4. The monoisotopic (exact) mass is 602 g/mol. The third kappa shape index (κ3) is 6.50. The van der Waals surface area contributed by atoms with E-state index in [2.05, 4.69) is 11.0 Å². The van der Waals surface area contributed by atoms with Crippen LogP contribution in [0.5, 0.6) is 11.5 Å². The lowest BCUT2D eigenvalue weighted by Crippen LogP contribution is -2.49. The molecule has 0 aromatic heterocycles. The van der Waals surface area contributed by atoms with Gasteiger partial charge >= 0.3 is 11.9 Å². The molecule has 2 N–H and O–H groups in total. The largest absolute Gasteiger partial charge is 0.497 e. The molecule has 0 bridgehead atoms. The Morgan fingerprint density at radius 1 is 1.14 bits per heavy atom. The van der Waals surface area contributed by atoms with Crippen LogP contribution >= 0.6 is 0 Å². The minimum atomic E-state index is -2.15. The quantitative estimate of drug-likeness (QED) is 0.343. The zero-order chi connectivity index (χ0) is 31.0. The van der Waals surface area contributed by atoms with Gasteiger partial charge in [-0.25, -0.2) is 4.79 Å². The van der Waals surface area contributed by atoms with E-state index in [9.17, 15) is 19.8 Å². The first-order valence-corrected chi connectivity index (χ1v) is 15.3. The van der Waals surface area contributed by atoms with E-state index in [4.69, 9.17) is 23.7 Å². The number of methoxy groups -OCH3 is 1. The number of fused-ring (bicyclic) bond motifs is 3. The van der Waals surface area contributed by atoms with Gasteiger partial charge in [0.1, 0.15) is 12.4 Å². The average Bonchev–Trinajstić information content (AvgIpc) is 3.61. The van der Waals surface area contributed by atoms with Gasteiger partial charge in [-0.1, -0.05) is 0 Å². The smallest absolute Gasteiger partial charge is 0.339 e. The molecule has 1 aromatic carbocycles. The van der Waals surface area contributed by atoms with Crippen LogP contribution in [0.15, 0.2) is 24.0 Å². The molecule has 0 amide bonds. The number of likely N-dealkylation sites (N-methyl/N-ethyl adjacent to an activating group) is 1. The van der Waals surface area contributed by atoms with Gasteiger partial charge in [0.15, 0.2) is 23.2 Å². The third-order valence-corrected chi connectivity index (χ3v) is 9.20. The van der Waals surface area contributed by atoms with E-state index in [1.807, 2.05) is 31.1 Å². The Morgan fingerprint density at radius 2 is 1.88 bits per heavy atom. The van der Waals surface area contributed by atoms with E-state index in [-0.39, 0.29) is 25.7 Å². The standard InChI is InChI=1S/C32H46N2O9/c1-30(2,37)9-6-11-32(38,19-26(35)40-15-14-33(3)4)29(36)43-28-25(39-5)18-31-10-7-12-34(31)13-8-21-16-23-24(42-20-41-23)17-22(21)27(28)31/h16-18,27-28,37-38H,6-15,19-20H2,1-5H3/t27-,28?,31+,32-/m1/s1. The van der Waals surface area contributed by atoms with Crippen molar-refractivity contribution in [2.24, 2.45) is 0 Å². The number of nitrogens with zero attached hydrogens (tertiary/aromatic N) is 2. The second kappa shape index (κ2) is 12.3. The summed E-state index contributed by atoms with van der Waals surface area (Å²) in [5.74, 6) is -0.0368. The number of carbonyl (C=O) groups is 2. The van der Waals surface area contributed by atoms with Crippen molar-refractivity contribution in [1.82, 2.24) is 9.80 Å². The van der Waals surface area contributed by atoms with E-state index in [1.165, 1.54) is 0 Å². The highest BCUT2D eigenvalue weighted by molar-refractivity contribution is 5.86. The molecule has 11 heteroatoms. The van der Waals surface area contributed by atoms with Crippen molar-refractivity contribution in [3.63, 3.8) is 0 Å². The average molecular weight is 603 g/mol. The van der Waals surface area contributed by atoms with Crippen LogP contribution in [-0.2, 0) is 30.2 Å². The van der Waals surface area contributed by atoms with Gasteiger partial charge in [-0.2, -0.15) is 0 Å². The molecule has 1 saturated heterocycles. The van der Waals surface area contributed by atoms with Crippen molar-refractivity contribution in [1.29, 1.82) is 0 Å². The fourth-order valence-electron chi connectivity index (χ4n) is 7.03. The molecule has 43 heavy (non-hydrogen) atoms. The first-order valence-electron chi connectivity index (χ1n) is 15.3. The molecule has 0 saturated carbocycles. The van der Waals surface area contributed by atoms with Gasteiger partial charge in [0.25, 0.3) is 0 Å². The minimum Gasteiger partial charge on any atom is -0.497 e. The topological polar surface area (TPSA) is 127 Å². The molecule has 3 heterocycles. The highest BCUT2D eigenvalue weighted by atomic mass is 16.7. The van der Waals surface area contributed by atoms with Gasteiger partial charge in [-0.05, 0) is 102 Å². The summed E-state index contributed by atoms with van der Waals surface area (Å²) < 4.78 is 28.9. The van der Waals surface area contributed by atoms with Gasteiger partial charge in [0.2, 0.25) is 6.79 Å². The molecule has 1 fully saturated rings. The molecule has 1 aromatic rings. The van der Waals surface area contributed by atoms with Gasteiger partial charge in [-0.3, -0.25) is 9.69 Å². The molecule has 1 unspecified atom stereocenters. The zero-order valence-corrected chi connectivity index (χ0v) is 26.0. The molecule has 11 nitrogen and oxygen atoms in total. The van der Waals surface area contributed by atoms with Crippen LogP contribution in [-0.4, -0.2) is 109 Å². The second-order valence-corrected chi connectivity index (χ2v) is 13.2. The number of esters is 2. The summed E-state index contributed by atoms with van der Waals surface area (Å²) in [4.78, 5) is 31.2. The van der Waals surface area contributed by atoms with Crippen LogP contribution < -0.4 is 9.47 Å². The molecule has 4 atom stereocenters. The summed E-state index contributed by atoms with van der Waals surface area (Å²) >= 11 is 0. The van der Waals surface area contributed by atoms with Gasteiger partial charge in [0.05, 0.1) is 30.6 Å². The van der Waals surface area contributed by atoms with Crippen LogP contribution in [0.1, 0.15) is 69.4 Å². The zero-order valence-electron chi connectivity index (χ0n) is 26.0. The van der Waals surface area contributed by atoms with Gasteiger partial charge in [0, 0.05) is 13.1 Å². The van der Waals surface area contributed by atoms with Gasteiger partial charge in [-0.15, -0.1) is 0 Å². The molecular formula is C32H46N2O9. The molecule has 0 radical (unpaired) electrons. The Labute approximate surface area is 253 Å². The summed E-state index contributed by atoms with van der Waals surface area (Å²) in [5.41, 5.74) is -1.47. The number of benzene rings is 1. The fraction of sp³-hybridized carbons (Fsp3) is 0.688. The summed E-state index contributed by atoms with van der Waals surface area (Å²) in [6.07, 6.45) is 3.91. The maximum absolute atomic E-state index is 14.0. The van der Waals surface area contributed by atoms with Crippen LogP contribution in [0, 0.1) is 0 Å². The van der Waals surface area contributed by atoms with Crippen LogP contribution in [0.3, 0.4) is 0 Å². The molecule has 4 aliphatic rings. The third-order valence-electron chi connectivity index (χ3n) is 9.20. The van der Waals surface area contributed by atoms with Crippen molar-refractivity contribution in [2.45, 2.75) is 87.6 Å². The Hall–Kier alpha value is -2.86. The highest BCUT2D eigenvalue weighted by Gasteiger charge is 2.59. The van der Waals surface area contributed by atoms with Crippen molar-refractivity contribution in [2.75, 3.05) is 54.2 Å². The first kappa shape index (κ1) is 31.6. The van der Waals surface area contributed by atoms with Crippen LogP contribution in [0.4, 0.5) is 0 Å². The Bertz CT molecular complexity index is 1240. The molecule has 238 valence electrons. The summed E-state index contributed by atoms with van der Waals surface area (Å²) in [6, 6.07) is 4.02. The highest BCUT2D eigenvalue weighted by Crippen LogP contribution is 2.55.